The van der Waals surface area contributed by atoms with Crippen molar-refractivity contribution >= 4 is 45.5 Å². The number of halogens is 1. The number of ether oxygens (including phenoxy) is 2. The molecular formula is C19H24IN3O4S. The van der Waals surface area contributed by atoms with Crippen LogP contribution in [0.3, 0.4) is 0 Å². The molecule has 0 aromatic heterocycles. The van der Waals surface area contributed by atoms with Crippen molar-refractivity contribution in [1.29, 1.82) is 0 Å². The van der Waals surface area contributed by atoms with Crippen molar-refractivity contribution in [2.24, 2.45) is 10.7 Å². The van der Waals surface area contributed by atoms with E-state index in [9.17, 15) is 8.42 Å². The first-order valence-corrected chi connectivity index (χ1v) is 10.5. The average molecular weight is 517 g/mol. The maximum absolute atomic E-state index is 11.8. The second-order valence-corrected chi connectivity index (χ2v) is 8.39. The Kier molecular flexibility index (Phi) is 7.53. The Hall–Kier alpha value is -2.01. The van der Waals surface area contributed by atoms with Crippen LogP contribution in [0.1, 0.15) is 17.5 Å². The van der Waals surface area contributed by atoms with Crippen molar-refractivity contribution in [1.82, 2.24) is 0 Å². The maximum atomic E-state index is 11.8. The highest BCUT2D eigenvalue weighted by molar-refractivity contribution is 14.0. The van der Waals surface area contributed by atoms with Gasteiger partial charge in [-0.05, 0) is 36.2 Å². The van der Waals surface area contributed by atoms with Gasteiger partial charge in [0, 0.05) is 24.4 Å². The number of nitrogens with one attached hydrogen (secondary N) is 1. The zero-order valence-corrected chi connectivity index (χ0v) is 18.9. The molecule has 0 bridgehead atoms. The highest BCUT2D eigenvalue weighted by Crippen LogP contribution is 2.32. The summed E-state index contributed by atoms with van der Waals surface area (Å²) in [5.74, 6) is 1.61. The Labute approximate surface area is 182 Å². The van der Waals surface area contributed by atoms with Crippen LogP contribution in [0.4, 0.5) is 5.69 Å². The lowest BCUT2D eigenvalue weighted by molar-refractivity contribution is 0.297. The number of sulfone groups is 1. The molecular weight excluding hydrogens is 493 g/mol. The van der Waals surface area contributed by atoms with Gasteiger partial charge in [-0.1, -0.05) is 12.1 Å². The van der Waals surface area contributed by atoms with Crippen LogP contribution in [-0.4, -0.2) is 33.8 Å². The molecule has 152 valence electrons. The van der Waals surface area contributed by atoms with Crippen LogP contribution in [0, 0.1) is 6.92 Å². The summed E-state index contributed by atoms with van der Waals surface area (Å²) in [6.45, 7) is 3.28. The number of hydrogen-bond donors (Lipinski definition) is 2. The fourth-order valence-corrected chi connectivity index (χ4v) is 3.77. The van der Waals surface area contributed by atoms with Crippen LogP contribution in [0.2, 0.25) is 0 Å². The Morgan fingerprint density at radius 1 is 1.14 bits per heavy atom. The molecule has 0 aliphatic carbocycles. The van der Waals surface area contributed by atoms with Crippen molar-refractivity contribution in [3.05, 3.63) is 47.5 Å². The molecule has 0 atom stereocenters. The SMILES string of the molecule is Cc1ccc(CN=C(N)Nc2ccc3c(c2)OCCCO3)cc1S(C)(=O)=O.I. The largest absolute Gasteiger partial charge is 0.490 e. The van der Waals surface area contributed by atoms with Crippen molar-refractivity contribution in [2.75, 3.05) is 24.8 Å². The van der Waals surface area contributed by atoms with Gasteiger partial charge in [-0.15, -0.1) is 24.0 Å². The molecule has 0 spiro atoms. The van der Waals surface area contributed by atoms with Gasteiger partial charge in [0.25, 0.3) is 0 Å². The number of aryl methyl sites for hydroxylation is 1. The maximum Gasteiger partial charge on any atom is 0.193 e. The number of fused-ring (bicyclic) bond motifs is 1. The number of nitrogens with two attached hydrogens (primary N) is 1. The summed E-state index contributed by atoms with van der Waals surface area (Å²) in [5.41, 5.74) is 8.18. The molecule has 28 heavy (non-hydrogen) atoms. The van der Waals surface area contributed by atoms with Crippen molar-refractivity contribution in [2.45, 2.75) is 24.8 Å². The second kappa shape index (κ2) is 9.46. The van der Waals surface area contributed by atoms with E-state index in [1.165, 1.54) is 6.26 Å². The van der Waals surface area contributed by atoms with Crippen molar-refractivity contribution in [3.63, 3.8) is 0 Å². The van der Waals surface area contributed by atoms with Crippen LogP contribution in [0.25, 0.3) is 0 Å². The standard InChI is InChI=1S/C19H23N3O4S.HI/c1-13-4-5-14(10-18(13)27(2,23)24)12-21-19(20)22-15-6-7-16-17(11-15)26-9-3-8-25-16;/h4-7,10-11H,3,8-9,12H2,1-2H3,(H3,20,21,22);1H. The number of hydrogen-bond acceptors (Lipinski definition) is 5. The lowest BCUT2D eigenvalue weighted by Gasteiger charge is -2.11. The molecule has 0 unspecified atom stereocenters. The molecule has 9 heteroatoms. The van der Waals surface area contributed by atoms with E-state index in [1.54, 1.807) is 19.1 Å². The van der Waals surface area contributed by atoms with E-state index >= 15 is 0 Å². The molecule has 3 rings (SSSR count). The fourth-order valence-electron chi connectivity index (χ4n) is 2.75. The lowest BCUT2D eigenvalue weighted by atomic mass is 10.1. The molecule has 3 N–H and O–H groups in total. The van der Waals surface area contributed by atoms with E-state index in [-0.39, 0.29) is 36.5 Å². The van der Waals surface area contributed by atoms with Crippen LogP contribution in [0.15, 0.2) is 46.3 Å². The number of aliphatic imine (C=N–C) groups is 1. The Balaban J connectivity index is 0.00000280. The Bertz CT molecular complexity index is 977. The number of guanidine groups is 1. The zero-order chi connectivity index (χ0) is 19.4. The predicted octanol–water partition coefficient (Wildman–Crippen LogP) is 3.10. The third kappa shape index (κ3) is 5.74. The van der Waals surface area contributed by atoms with Gasteiger partial charge in [0.05, 0.1) is 24.7 Å². The second-order valence-electron chi connectivity index (χ2n) is 6.41. The van der Waals surface area contributed by atoms with Crippen molar-refractivity contribution < 1.29 is 17.9 Å². The number of nitrogens with zero attached hydrogens (tertiary/aromatic N) is 1. The van der Waals surface area contributed by atoms with Crippen molar-refractivity contribution in [3.8, 4) is 11.5 Å². The zero-order valence-electron chi connectivity index (χ0n) is 15.8. The molecule has 1 aliphatic rings. The molecule has 2 aromatic carbocycles. The highest BCUT2D eigenvalue weighted by atomic mass is 127. The van der Waals surface area contributed by atoms with E-state index in [0.29, 0.717) is 35.2 Å². The van der Waals surface area contributed by atoms with Gasteiger partial charge in [-0.25, -0.2) is 13.4 Å². The molecule has 0 saturated heterocycles. The van der Waals surface area contributed by atoms with Gasteiger partial charge in [0.15, 0.2) is 27.3 Å². The smallest absolute Gasteiger partial charge is 0.193 e. The minimum atomic E-state index is -3.28. The van der Waals surface area contributed by atoms with Gasteiger partial charge < -0.3 is 20.5 Å². The summed E-state index contributed by atoms with van der Waals surface area (Å²) in [6.07, 6.45) is 2.04. The third-order valence-electron chi connectivity index (χ3n) is 4.10. The molecule has 2 aromatic rings. The van der Waals surface area contributed by atoms with E-state index in [1.807, 2.05) is 24.3 Å². The van der Waals surface area contributed by atoms with E-state index in [0.717, 1.165) is 17.7 Å². The predicted molar refractivity (Wildman–Crippen MR) is 121 cm³/mol. The number of rotatable bonds is 4. The number of benzene rings is 2. The summed E-state index contributed by atoms with van der Waals surface area (Å²) in [4.78, 5) is 4.60. The summed E-state index contributed by atoms with van der Waals surface area (Å²) in [6, 6.07) is 10.7. The molecule has 0 radical (unpaired) electrons. The first-order valence-electron chi connectivity index (χ1n) is 8.59. The summed E-state index contributed by atoms with van der Waals surface area (Å²) >= 11 is 0. The third-order valence-corrected chi connectivity index (χ3v) is 5.34. The van der Waals surface area contributed by atoms with Gasteiger partial charge in [-0.3, -0.25) is 0 Å². The van der Waals surface area contributed by atoms with Gasteiger partial charge >= 0.3 is 0 Å². The summed E-state index contributed by atoms with van der Waals surface area (Å²) < 4.78 is 34.9. The summed E-state index contributed by atoms with van der Waals surface area (Å²) in [5, 5.41) is 3.01. The van der Waals surface area contributed by atoms with Gasteiger partial charge in [-0.2, -0.15) is 0 Å². The molecule has 0 fully saturated rings. The fraction of sp³-hybridized carbons (Fsp3) is 0.316. The molecule has 7 nitrogen and oxygen atoms in total. The van der Waals surface area contributed by atoms with Gasteiger partial charge in [0.1, 0.15) is 0 Å². The number of anilines is 1. The van der Waals surface area contributed by atoms with Crippen LogP contribution in [-0.2, 0) is 16.4 Å². The van der Waals surface area contributed by atoms with E-state index in [4.69, 9.17) is 15.2 Å². The average Bonchev–Trinajstić information content (AvgIpc) is 2.85. The minimum absolute atomic E-state index is 0. The minimum Gasteiger partial charge on any atom is -0.490 e. The normalized spacial score (nSPS) is 14.0. The molecule has 1 heterocycles. The Morgan fingerprint density at radius 2 is 1.86 bits per heavy atom. The quantitative estimate of drug-likeness (QED) is 0.367. The summed E-state index contributed by atoms with van der Waals surface area (Å²) in [7, 11) is -3.28. The molecule has 0 amide bonds. The van der Waals surface area contributed by atoms with E-state index < -0.39 is 9.84 Å². The first kappa shape index (κ1) is 22.3. The lowest BCUT2D eigenvalue weighted by Crippen LogP contribution is -2.22. The van der Waals surface area contributed by atoms with Crippen LogP contribution < -0.4 is 20.5 Å². The topological polar surface area (TPSA) is 103 Å². The van der Waals surface area contributed by atoms with Gasteiger partial charge in [0.2, 0.25) is 0 Å². The van der Waals surface area contributed by atoms with E-state index in [2.05, 4.69) is 10.3 Å². The monoisotopic (exact) mass is 517 g/mol. The molecule has 1 aliphatic heterocycles. The Morgan fingerprint density at radius 3 is 2.57 bits per heavy atom. The highest BCUT2D eigenvalue weighted by Gasteiger charge is 2.12. The molecule has 0 saturated carbocycles. The first-order chi connectivity index (χ1) is 12.8. The van der Waals surface area contributed by atoms with Crippen LogP contribution in [0.5, 0.6) is 11.5 Å². The van der Waals surface area contributed by atoms with Crippen LogP contribution >= 0.6 is 24.0 Å².